The fraction of sp³-hybridized carbons (Fsp3) is 0.261. The average Bonchev–Trinajstić information content (AvgIpc) is 3.06. The van der Waals surface area contributed by atoms with Crippen LogP contribution in [0.15, 0.2) is 47.4 Å². The van der Waals surface area contributed by atoms with Gasteiger partial charge in [-0.2, -0.15) is 5.26 Å². The fourth-order valence-electron chi connectivity index (χ4n) is 3.96. The number of imide groups is 2. The second-order valence-electron chi connectivity index (χ2n) is 7.96. The predicted octanol–water partition coefficient (Wildman–Crippen LogP) is 0.871. The molecule has 2 aliphatic heterocycles. The summed E-state index contributed by atoms with van der Waals surface area (Å²) in [5.74, 6) is -2.26. The first kappa shape index (κ1) is 23.3. The third-order valence-corrected chi connectivity index (χ3v) is 7.21. The molecule has 11 heteroatoms. The summed E-state index contributed by atoms with van der Waals surface area (Å²) in [6.07, 6.45) is 1.02. The monoisotopic (exact) mass is 480 g/mol. The Morgan fingerprint density at radius 1 is 1.03 bits per heavy atom. The van der Waals surface area contributed by atoms with Crippen molar-refractivity contribution in [1.29, 1.82) is 5.26 Å². The smallest absolute Gasteiger partial charge is 0.262 e. The second-order valence-corrected chi connectivity index (χ2v) is 9.73. The molecule has 0 spiro atoms. The maximum absolute atomic E-state index is 12.9. The molecule has 0 radical (unpaired) electrons. The van der Waals surface area contributed by atoms with E-state index >= 15 is 0 Å². The zero-order valence-corrected chi connectivity index (χ0v) is 18.7. The standard InChI is InChI=1S/C23H20N4O6S/c24-13-15-3-6-16(7-4-15)34(32,33)25-11-1-2-14-5-8-17-18(12-14)23(31)27(22(17)30)19-9-10-20(28)26-21(19)29/h3-8,12,19,25H,1-2,9-11H2,(H,26,28,29). The van der Waals surface area contributed by atoms with Gasteiger partial charge in [0.1, 0.15) is 6.04 Å². The number of nitrogens with zero attached hydrogens (tertiary/aromatic N) is 2. The summed E-state index contributed by atoms with van der Waals surface area (Å²) in [5.41, 5.74) is 1.48. The van der Waals surface area contributed by atoms with Gasteiger partial charge in [0.2, 0.25) is 21.8 Å². The minimum absolute atomic E-state index is 0.0490. The van der Waals surface area contributed by atoms with Crippen molar-refractivity contribution in [3.05, 3.63) is 64.7 Å². The number of hydrogen-bond donors (Lipinski definition) is 2. The number of amides is 4. The van der Waals surface area contributed by atoms with Crippen LogP contribution in [-0.2, 0) is 26.0 Å². The number of sulfonamides is 1. The lowest BCUT2D eigenvalue weighted by atomic mass is 10.0. The summed E-state index contributed by atoms with van der Waals surface area (Å²) in [6, 6.07) is 11.3. The number of aryl methyl sites for hydroxylation is 1. The van der Waals surface area contributed by atoms with E-state index in [0.29, 0.717) is 18.4 Å². The highest BCUT2D eigenvalue weighted by Crippen LogP contribution is 2.28. The zero-order valence-electron chi connectivity index (χ0n) is 17.9. The van der Waals surface area contributed by atoms with Gasteiger partial charge in [-0.1, -0.05) is 6.07 Å². The average molecular weight is 481 g/mol. The van der Waals surface area contributed by atoms with Crippen LogP contribution >= 0.6 is 0 Å². The van der Waals surface area contributed by atoms with Crippen LogP contribution in [0.25, 0.3) is 0 Å². The van der Waals surface area contributed by atoms with E-state index in [1.54, 1.807) is 12.1 Å². The third-order valence-electron chi connectivity index (χ3n) is 5.73. The molecule has 1 saturated heterocycles. The van der Waals surface area contributed by atoms with Crippen molar-refractivity contribution in [1.82, 2.24) is 14.9 Å². The van der Waals surface area contributed by atoms with Gasteiger partial charge >= 0.3 is 0 Å². The molecule has 0 saturated carbocycles. The van der Waals surface area contributed by atoms with Gasteiger partial charge in [-0.05, 0) is 61.2 Å². The lowest BCUT2D eigenvalue weighted by molar-refractivity contribution is -0.136. The SMILES string of the molecule is N#Cc1ccc(S(=O)(=O)NCCCc2ccc3c(c2)C(=O)N(C2CCC(=O)NC2=O)C3=O)cc1. The van der Waals surface area contributed by atoms with Gasteiger partial charge < -0.3 is 0 Å². The summed E-state index contributed by atoms with van der Waals surface area (Å²) in [7, 11) is -3.72. The predicted molar refractivity (Wildman–Crippen MR) is 118 cm³/mol. The highest BCUT2D eigenvalue weighted by Gasteiger charge is 2.44. The molecule has 34 heavy (non-hydrogen) atoms. The van der Waals surface area contributed by atoms with Gasteiger partial charge in [0, 0.05) is 13.0 Å². The van der Waals surface area contributed by atoms with Gasteiger partial charge in [0.05, 0.1) is 27.7 Å². The Morgan fingerprint density at radius 3 is 2.41 bits per heavy atom. The van der Waals surface area contributed by atoms with Crippen molar-refractivity contribution >= 4 is 33.7 Å². The molecule has 174 valence electrons. The van der Waals surface area contributed by atoms with Crippen molar-refractivity contribution < 1.29 is 27.6 Å². The highest BCUT2D eigenvalue weighted by molar-refractivity contribution is 7.89. The van der Waals surface area contributed by atoms with Gasteiger partial charge in [0.25, 0.3) is 11.8 Å². The molecule has 4 rings (SSSR count). The number of hydrogen-bond acceptors (Lipinski definition) is 7. The van der Waals surface area contributed by atoms with Crippen molar-refractivity contribution in [2.45, 2.75) is 36.6 Å². The maximum atomic E-state index is 12.9. The van der Waals surface area contributed by atoms with Crippen molar-refractivity contribution in [3.8, 4) is 6.07 Å². The van der Waals surface area contributed by atoms with Gasteiger partial charge in [-0.25, -0.2) is 13.1 Å². The number of carbonyl (C=O) groups excluding carboxylic acids is 4. The Bertz CT molecular complexity index is 1340. The van der Waals surface area contributed by atoms with E-state index in [0.717, 1.165) is 10.5 Å². The molecular formula is C23H20N4O6S. The van der Waals surface area contributed by atoms with Crippen molar-refractivity contribution in [2.24, 2.45) is 0 Å². The van der Waals surface area contributed by atoms with Crippen LogP contribution in [0, 0.1) is 11.3 Å². The number of carbonyl (C=O) groups is 4. The number of fused-ring (bicyclic) bond motifs is 1. The van der Waals surface area contributed by atoms with E-state index < -0.39 is 39.7 Å². The Balaban J connectivity index is 1.38. The van der Waals surface area contributed by atoms with Crippen LogP contribution in [0.5, 0.6) is 0 Å². The summed E-state index contributed by atoms with van der Waals surface area (Å²) < 4.78 is 27.2. The molecule has 2 aromatic rings. The first-order valence-electron chi connectivity index (χ1n) is 10.6. The van der Waals surface area contributed by atoms with Gasteiger partial charge in [0.15, 0.2) is 0 Å². The molecule has 2 heterocycles. The minimum Gasteiger partial charge on any atom is -0.295 e. The summed E-state index contributed by atoms with van der Waals surface area (Å²) in [5, 5.41) is 11.0. The first-order chi connectivity index (χ1) is 16.2. The molecular weight excluding hydrogens is 460 g/mol. The highest BCUT2D eigenvalue weighted by atomic mass is 32.2. The van der Waals surface area contributed by atoms with Crippen LogP contribution in [0.2, 0.25) is 0 Å². The lowest BCUT2D eigenvalue weighted by Crippen LogP contribution is -2.54. The van der Waals surface area contributed by atoms with E-state index in [4.69, 9.17) is 5.26 Å². The summed E-state index contributed by atoms with van der Waals surface area (Å²) in [4.78, 5) is 50.1. The zero-order chi connectivity index (χ0) is 24.5. The molecule has 0 aromatic heterocycles. The lowest BCUT2D eigenvalue weighted by Gasteiger charge is -2.27. The molecule has 2 aliphatic rings. The van der Waals surface area contributed by atoms with Gasteiger partial charge in [-0.15, -0.1) is 0 Å². The number of piperidine rings is 1. The fourth-order valence-corrected chi connectivity index (χ4v) is 5.04. The number of nitriles is 1. The van der Waals surface area contributed by atoms with Crippen LogP contribution in [0.3, 0.4) is 0 Å². The maximum Gasteiger partial charge on any atom is 0.262 e. The Morgan fingerprint density at radius 2 is 1.74 bits per heavy atom. The van der Waals surface area contributed by atoms with E-state index in [1.165, 1.54) is 30.3 Å². The molecule has 1 unspecified atom stereocenters. The molecule has 0 bridgehead atoms. The molecule has 2 N–H and O–H groups in total. The molecule has 0 aliphatic carbocycles. The van der Waals surface area contributed by atoms with E-state index in [-0.39, 0.29) is 35.4 Å². The minimum atomic E-state index is -3.72. The van der Waals surface area contributed by atoms with Crippen LogP contribution < -0.4 is 10.0 Å². The topological polar surface area (TPSA) is 154 Å². The first-order valence-corrected chi connectivity index (χ1v) is 12.0. The third kappa shape index (κ3) is 4.46. The quantitative estimate of drug-likeness (QED) is 0.440. The number of nitrogens with one attached hydrogen (secondary N) is 2. The summed E-state index contributed by atoms with van der Waals surface area (Å²) >= 11 is 0. The van der Waals surface area contributed by atoms with Crippen LogP contribution in [0.1, 0.15) is 51.1 Å². The van der Waals surface area contributed by atoms with Crippen LogP contribution in [0.4, 0.5) is 0 Å². The molecule has 2 aromatic carbocycles. The van der Waals surface area contributed by atoms with E-state index in [9.17, 15) is 27.6 Å². The molecule has 1 atom stereocenters. The van der Waals surface area contributed by atoms with Crippen molar-refractivity contribution in [3.63, 3.8) is 0 Å². The van der Waals surface area contributed by atoms with Crippen LogP contribution in [-0.4, -0.2) is 49.5 Å². The Kier molecular flexibility index (Phi) is 6.28. The Hall–Kier alpha value is -3.88. The number of rotatable bonds is 7. The van der Waals surface area contributed by atoms with E-state index in [1.807, 2.05) is 6.07 Å². The van der Waals surface area contributed by atoms with E-state index in [2.05, 4.69) is 10.0 Å². The molecule has 4 amide bonds. The normalized spacial score (nSPS) is 18.0. The summed E-state index contributed by atoms with van der Waals surface area (Å²) in [6.45, 7) is 0.148. The van der Waals surface area contributed by atoms with Crippen molar-refractivity contribution in [2.75, 3.05) is 6.54 Å². The molecule has 1 fully saturated rings. The number of benzene rings is 2. The Labute approximate surface area is 195 Å². The largest absolute Gasteiger partial charge is 0.295 e. The second kappa shape index (κ2) is 9.17. The molecule has 10 nitrogen and oxygen atoms in total. The van der Waals surface area contributed by atoms with Gasteiger partial charge in [-0.3, -0.25) is 29.4 Å².